The Morgan fingerprint density at radius 1 is 1.16 bits per heavy atom. The van der Waals surface area contributed by atoms with E-state index in [1.165, 1.54) is 15.1 Å². The number of aliphatic carboxylic acids is 1. The maximum Gasteiger partial charge on any atom is 0.303 e. The Morgan fingerprint density at radius 2 is 2.00 bits per heavy atom. The van der Waals surface area contributed by atoms with Gasteiger partial charge >= 0.3 is 5.97 Å². The van der Waals surface area contributed by atoms with E-state index in [1.807, 2.05) is 30.3 Å². The minimum absolute atomic E-state index is 0. The molecule has 1 aliphatic heterocycles. The molecule has 1 atom stereocenters. The molecule has 3 aromatic rings. The highest BCUT2D eigenvalue weighted by Gasteiger charge is 2.17. The van der Waals surface area contributed by atoms with Crippen LogP contribution >= 0.6 is 23.7 Å². The molecule has 8 heteroatoms. The van der Waals surface area contributed by atoms with Gasteiger partial charge in [-0.1, -0.05) is 6.07 Å². The summed E-state index contributed by atoms with van der Waals surface area (Å²) in [6.07, 6.45) is 3.49. The van der Waals surface area contributed by atoms with Crippen molar-refractivity contribution < 1.29 is 14.6 Å². The Bertz CT molecular complexity index is 1110. The van der Waals surface area contributed by atoms with Crippen molar-refractivity contribution in [2.75, 3.05) is 13.1 Å². The van der Waals surface area contributed by atoms with Crippen LogP contribution in [0.2, 0.25) is 0 Å². The van der Waals surface area contributed by atoms with Crippen molar-refractivity contribution in [2.24, 2.45) is 5.73 Å². The lowest BCUT2D eigenvalue weighted by Crippen LogP contribution is -2.19. The number of amidine groups is 1. The van der Waals surface area contributed by atoms with Crippen LogP contribution in [0.25, 0.3) is 10.1 Å². The number of hydrogen-bond donors (Lipinski definition) is 4. The van der Waals surface area contributed by atoms with Gasteiger partial charge in [0.25, 0.3) is 0 Å². The molecule has 0 aliphatic carbocycles. The number of carboxylic acids is 1. The largest absolute Gasteiger partial charge is 0.489 e. The van der Waals surface area contributed by atoms with Gasteiger partial charge < -0.3 is 20.9 Å². The molecule has 4 rings (SSSR count). The molecule has 1 saturated heterocycles. The molecular weight excluding hydrogens is 446 g/mol. The minimum Gasteiger partial charge on any atom is -0.489 e. The van der Waals surface area contributed by atoms with Crippen LogP contribution in [-0.4, -0.2) is 36.1 Å². The van der Waals surface area contributed by atoms with E-state index in [0.29, 0.717) is 6.42 Å². The number of nitrogens with one attached hydrogen (secondary N) is 2. The Hall–Kier alpha value is -2.61. The van der Waals surface area contributed by atoms with Crippen LogP contribution in [-0.2, 0) is 24.1 Å². The molecule has 1 fully saturated rings. The van der Waals surface area contributed by atoms with Crippen molar-refractivity contribution >= 4 is 45.6 Å². The van der Waals surface area contributed by atoms with Gasteiger partial charge in [0.1, 0.15) is 17.7 Å². The number of ether oxygens (including phenoxy) is 1. The molecule has 170 valence electrons. The third-order valence-electron chi connectivity index (χ3n) is 5.62. The number of hydrogen-bond acceptors (Lipinski definition) is 5. The molecular formula is C24H28ClN3O3S. The summed E-state index contributed by atoms with van der Waals surface area (Å²) in [5.74, 6) is 0.105. The van der Waals surface area contributed by atoms with Gasteiger partial charge in [-0.15, -0.1) is 23.7 Å². The lowest BCUT2D eigenvalue weighted by molar-refractivity contribution is -0.136. The number of aryl methyl sites for hydroxylation is 3. The highest BCUT2D eigenvalue weighted by atomic mass is 35.5. The summed E-state index contributed by atoms with van der Waals surface area (Å²) in [6, 6.07) is 14.1. The van der Waals surface area contributed by atoms with Crippen molar-refractivity contribution in [3.63, 3.8) is 0 Å². The molecule has 32 heavy (non-hydrogen) atoms. The SMILES string of the molecule is Cl.N=C(N)c1ccc2sc(CCc3ccc(O[C@H]4CCNC4)cc3CCC(=O)O)cc2c1. The molecule has 0 bridgehead atoms. The van der Waals surface area contributed by atoms with Crippen LogP contribution in [0, 0.1) is 5.41 Å². The predicted molar refractivity (Wildman–Crippen MR) is 132 cm³/mol. The molecule has 6 nitrogen and oxygen atoms in total. The summed E-state index contributed by atoms with van der Waals surface area (Å²) in [7, 11) is 0. The first-order valence-corrected chi connectivity index (χ1v) is 11.4. The van der Waals surface area contributed by atoms with Gasteiger partial charge in [0, 0.05) is 28.1 Å². The van der Waals surface area contributed by atoms with E-state index in [0.717, 1.165) is 54.6 Å². The predicted octanol–water partition coefficient (Wildman–Crippen LogP) is 4.15. The standard InChI is InChI=1S/C24H27N3O3S.ClH/c25-24(26)17-3-7-22-18(11-17)13-21(31-22)6-2-15-1-5-19(30-20-9-10-27-14-20)12-16(15)4-8-23(28)29;/h1,3,5,7,11-13,20,27H,2,4,6,8-10,14H2,(H3,25,26)(H,28,29);1H/t20-;/m0./s1. The Balaban J connectivity index is 0.00000289. The van der Waals surface area contributed by atoms with Gasteiger partial charge in [0.2, 0.25) is 0 Å². The second kappa shape index (κ2) is 10.8. The number of rotatable bonds is 9. The number of thiophene rings is 1. The first kappa shape index (κ1) is 24.0. The molecule has 0 radical (unpaired) electrons. The molecule has 1 aromatic heterocycles. The minimum atomic E-state index is -0.789. The molecule has 0 amide bonds. The van der Waals surface area contributed by atoms with E-state index in [-0.39, 0.29) is 30.8 Å². The monoisotopic (exact) mass is 473 g/mol. The third-order valence-corrected chi connectivity index (χ3v) is 6.80. The zero-order valence-electron chi connectivity index (χ0n) is 17.7. The van der Waals surface area contributed by atoms with Crippen molar-refractivity contribution in [2.45, 2.75) is 38.2 Å². The summed E-state index contributed by atoms with van der Waals surface area (Å²) in [5.41, 5.74) is 8.56. The zero-order chi connectivity index (χ0) is 21.8. The van der Waals surface area contributed by atoms with Crippen LogP contribution in [0.3, 0.4) is 0 Å². The Labute approximate surface area is 197 Å². The number of halogens is 1. The van der Waals surface area contributed by atoms with Gasteiger partial charge in [0.15, 0.2) is 0 Å². The topological polar surface area (TPSA) is 108 Å². The molecule has 0 spiro atoms. The van der Waals surface area contributed by atoms with Crippen molar-refractivity contribution in [3.05, 3.63) is 64.0 Å². The molecule has 2 aromatic carbocycles. The average molecular weight is 474 g/mol. The number of benzene rings is 2. The maximum absolute atomic E-state index is 11.1. The molecule has 0 saturated carbocycles. The molecule has 0 unspecified atom stereocenters. The lowest BCUT2D eigenvalue weighted by Gasteiger charge is -2.15. The van der Waals surface area contributed by atoms with Gasteiger partial charge in [-0.2, -0.15) is 0 Å². The summed E-state index contributed by atoms with van der Waals surface area (Å²) in [5, 5.41) is 21.2. The fraction of sp³-hybridized carbons (Fsp3) is 0.333. The van der Waals surface area contributed by atoms with Crippen LogP contribution < -0.4 is 15.8 Å². The molecule has 1 aliphatic rings. The summed E-state index contributed by atoms with van der Waals surface area (Å²) in [4.78, 5) is 12.4. The highest BCUT2D eigenvalue weighted by molar-refractivity contribution is 7.19. The zero-order valence-corrected chi connectivity index (χ0v) is 19.4. The number of fused-ring (bicyclic) bond motifs is 1. The number of nitrogen functional groups attached to an aromatic ring is 1. The van der Waals surface area contributed by atoms with Crippen LogP contribution in [0.5, 0.6) is 5.75 Å². The summed E-state index contributed by atoms with van der Waals surface area (Å²) < 4.78 is 7.26. The van der Waals surface area contributed by atoms with Crippen LogP contribution in [0.15, 0.2) is 42.5 Å². The summed E-state index contributed by atoms with van der Waals surface area (Å²) >= 11 is 1.75. The second-order valence-corrected chi connectivity index (χ2v) is 9.10. The van der Waals surface area contributed by atoms with E-state index in [4.69, 9.17) is 21.0 Å². The van der Waals surface area contributed by atoms with Gasteiger partial charge in [-0.05, 0) is 85.1 Å². The summed E-state index contributed by atoms with van der Waals surface area (Å²) in [6.45, 7) is 1.82. The first-order valence-electron chi connectivity index (χ1n) is 10.6. The average Bonchev–Trinajstić information content (AvgIpc) is 3.40. The second-order valence-electron chi connectivity index (χ2n) is 7.94. The van der Waals surface area contributed by atoms with Crippen molar-refractivity contribution in [1.82, 2.24) is 5.32 Å². The van der Waals surface area contributed by atoms with E-state index in [9.17, 15) is 4.79 Å². The molecule has 5 N–H and O–H groups in total. The van der Waals surface area contributed by atoms with E-state index in [2.05, 4.69) is 17.4 Å². The normalized spacial score (nSPS) is 15.4. The highest BCUT2D eigenvalue weighted by Crippen LogP contribution is 2.29. The van der Waals surface area contributed by atoms with Gasteiger partial charge in [-0.25, -0.2) is 0 Å². The van der Waals surface area contributed by atoms with E-state index < -0.39 is 5.97 Å². The third kappa shape index (κ3) is 6.00. The smallest absolute Gasteiger partial charge is 0.303 e. The maximum atomic E-state index is 11.1. The van der Waals surface area contributed by atoms with Crippen molar-refractivity contribution in [1.29, 1.82) is 5.41 Å². The number of carbonyl (C=O) groups is 1. The first-order chi connectivity index (χ1) is 15.0. The quantitative estimate of drug-likeness (QED) is 0.276. The molecule has 2 heterocycles. The lowest BCUT2D eigenvalue weighted by atomic mass is 9.98. The van der Waals surface area contributed by atoms with Crippen LogP contribution in [0.4, 0.5) is 0 Å². The fourth-order valence-electron chi connectivity index (χ4n) is 3.96. The Kier molecular flexibility index (Phi) is 8.12. The van der Waals surface area contributed by atoms with E-state index in [1.54, 1.807) is 11.3 Å². The number of nitrogens with two attached hydrogens (primary N) is 1. The Morgan fingerprint density at radius 3 is 2.72 bits per heavy atom. The van der Waals surface area contributed by atoms with Gasteiger partial charge in [-0.3, -0.25) is 10.2 Å². The van der Waals surface area contributed by atoms with Crippen LogP contribution in [0.1, 0.15) is 34.4 Å². The fourth-order valence-corrected chi connectivity index (χ4v) is 5.01. The van der Waals surface area contributed by atoms with Gasteiger partial charge in [0.05, 0.1) is 0 Å². The number of carboxylic acid groups (broad SMARTS) is 1. The van der Waals surface area contributed by atoms with E-state index >= 15 is 0 Å². The van der Waals surface area contributed by atoms with Crippen molar-refractivity contribution in [3.8, 4) is 5.75 Å².